The number of ether oxygens (including phenoxy) is 1. The molecule has 0 spiro atoms. The monoisotopic (exact) mass is 417 g/mol. The predicted octanol–water partition coefficient (Wildman–Crippen LogP) is 5.14. The van der Waals surface area contributed by atoms with Crippen LogP contribution in [0.15, 0.2) is 59.2 Å². The van der Waals surface area contributed by atoms with Gasteiger partial charge in [-0.25, -0.2) is 4.99 Å². The maximum Gasteiger partial charge on any atom is 0.110 e. The minimum atomic E-state index is -0.238. The molecule has 0 aliphatic heterocycles. The Hall–Kier alpha value is -2.01. The number of hydrogen-bond donors (Lipinski definition) is 2. The molecule has 0 bridgehead atoms. The molecule has 3 rings (SSSR count). The van der Waals surface area contributed by atoms with Gasteiger partial charge in [0.1, 0.15) is 5.84 Å². The van der Waals surface area contributed by atoms with Crippen LogP contribution < -0.4 is 11.5 Å². The number of rotatable bonds is 8. The number of benzene rings is 2. The van der Waals surface area contributed by atoms with Crippen LogP contribution in [0.3, 0.4) is 0 Å². The molecule has 0 saturated heterocycles. The van der Waals surface area contributed by atoms with Crippen LogP contribution in [-0.4, -0.2) is 19.6 Å². The summed E-state index contributed by atoms with van der Waals surface area (Å²) in [4.78, 5) is 4.80. The number of allylic oxidation sites excluding steroid dienone is 1. The molecule has 1 saturated carbocycles. The Morgan fingerprint density at radius 2 is 1.75 bits per heavy atom. The molecule has 4 nitrogen and oxygen atoms in total. The van der Waals surface area contributed by atoms with Crippen LogP contribution >= 0.6 is 23.2 Å². The highest BCUT2D eigenvalue weighted by atomic mass is 35.5. The zero-order valence-corrected chi connectivity index (χ0v) is 17.4. The van der Waals surface area contributed by atoms with Crippen molar-refractivity contribution in [1.29, 1.82) is 0 Å². The first-order valence-electron chi connectivity index (χ1n) is 9.31. The lowest BCUT2D eigenvalue weighted by molar-refractivity contribution is 0.195. The smallest absolute Gasteiger partial charge is 0.110 e. The fourth-order valence-corrected chi connectivity index (χ4v) is 3.67. The van der Waals surface area contributed by atoms with Gasteiger partial charge < -0.3 is 16.2 Å². The number of amidine groups is 1. The molecule has 2 aromatic carbocycles. The number of methoxy groups -OCH3 is 1. The molecule has 0 amide bonds. The van der Waals surface area contributed by atoms with E-state index in [1.54, 1.807) is 7.11 Å². The first-order valence-corrected chi connectivity index (χ1v) is 10.1. The summed E-state index contributed by atoms with van der Waals surface area (Å²) < 4.78 is 5.18. The molecule has 6 heteroatoms. The highest BCUT2D eigenvalue weighted by Gasteiger charge is 2.48. The maximum atomic E-state index is 6.51. The fourth-order valence-electron chi connectivity index (χ4n) is 3.31. The number of halogens is 2. The molecule has 4 N–H and O–H groups in total. The van der Waals surface area contributed by atoms with E-state index >= 15 is 0 Å². The second kappa shape index (κ2) is 8.99. The van der Waals surface area contributed by atoms with E-state index in [1.807, 2.05) is 48.5 Å². The van der Waals surface area contributed by atoms with Crippen LogP contribution in [0.2, 0.25) is 10.0 Å². The van der Waals surface area contributed by atoms with Crippen molar-refractivity contribution in [2.24, 2.45) is 16.5 Å². The lowest BCUT2D eigenvalue weighted by Crippen LogP contribution is -2.29. The van der Waals surface area contributed by atoms with Crippen LogP contribution in [0.5, 0.6) is 0 Å². The van der Waals surface area contributed by atoms with Gasteiger partial charge in [0.15, 0.2) is 0 Å². The van der Waals surface area contributed by atoms with Crippen molar-refractivity contribution in [3.8, 4) is 0 Å². The molecule has 28 heavy (non-hydrogen) atoms. The van der Waals surface area contributed by atoms with Crippen LogP contribution in [0, 0.1) is 0 Å². The molecule has 0 aromatic heterocycles. The van der Waals surface area contributed by atoms with Crippen molar-refractivity contribution in [2.45, 2.75) is 31.1 Å². The Bertz CT molecular complexity index is 887. The van der Waals surface area contributed by atoms with Gasteiger partial charge in [-0.2, -0.15) is 0 Å². The van der Waals surface area contributed by atoms with E-state index in [4.69, 9.17) is 44.4 Å². The summed E-state index contributed by atoms with van der Waals surface area (Å²) in [6, 6.07) is 15.3. The standard InChI is InChI=1S/C22H25Cl2N3O/c1-28-14-4-7-19(20(25)17-5-2-3-6-18(17)24)27-21(26)22(12-13-22)15-8-10-16(23)11-9-15/h2-3,5-6,8-11H,4,7,12-14,25H2,1H3,(H2,26,27)/b20-19-. The first kappa shape index (κ1) is 20.7. The Morgan fingerprint density at radius 1 is 1.07 bits per heavy atom. The molecule has 1 aliphatic rings. The molecule has 1 fully saturated rings. The summed E-state index contributed by atoms with van der Waals surface area (Å²) in [6.07, 6.45) is 3.37. The second-order valence-electron chi connectivity index (χ2n) is 7.02. The van der Waals surface area contributed by atoms with Crippen molar-refractivity contribution < 1.29 is 4.74 Å². The average molecular weight is 418 g/mol. The van der Waals surface area contributed by atoms with Gasteiger partial charge in [0.25, 0.3) is 0 Å². The zero-order valence-electron chi connectivity index (χ0n) is 15.9. The normalized spacial score (nSPS) is 16.6. The highest BCUT2D eigenvalue weighted by Crippen LogP contribution is 2.49. The SMILES string of the molecule is COCCC/C(N=C(N)C1(c2ccc(Cl)cc2)CC1)=C(/N)c1ccccc1Cl. The lowest BCUT2D eigenvalue weighted by Gasteiger charge is -2.17. The summed E-state index contributed by atoms with van der Waals surface area (Å²) >= 11 is 12.4. The predicted molar refractivity (Wildman–Crippen MR) is 118 cm³/mol. The summed E-state index contributed by atoms with van der Waals surface area (Å²) in [5.41, 5.74) is 15.9. The van der Waals surface area contributed by atoms with Gasteiger partial charge in [-0.15, -0.1) is 0 Å². The second-order valence-corrected chi connectivity index (χ2v) is 7.87. The molecular formula is C22H25Cl2N3O. The van der Waals surface area contributed by atoms with Crippen LogP contribution in [0.4, 0.5) is 0 Å². The van der Waals surface area contributed by atoms with Crippen LogP contribution in [0.1, 0.15) is 36.8 Å². The van der Waals surface area contributed by atoms with E-state index in [2.05, 4.69) is 0 Å². The summed E-state index contributed by atoms with van der Waals surface area (Å²) in [7, 11) is 1.68. The van der Waals surface area contributed by atoms with Crippen molar-refractivity contribution in [3.63, 3.8) is 0 Å². The Balaban J connectivity index is 1.97. The molecule has 1 aliphatic carbocycles. The van der Waals surface area contributed by atoms with Gasteiger partial charge in [-0.3, -0.25) is 0 Å². The van der Waals surface area contributed by atoms with E-state index in [-0.39, 0.29) is 5.41 Å². The summed E-state index contributed by atoms with van der Waals surface area (Å²) in [5.74, 6) is 0.581. The largest absolute Gasteiger partial charge is 0.397 e. The van der Waals surface area contributed by atoms with Crippen LogP contribution in [-0.2, 0) is 10.2 Å². The van der Waals surface area contributed by atoms with E-state index < -0.39 is 0 Å². The van der Waals surface area contributed by atoms with Crippen molar-refractivity contribution in [3.05, 3.63) is 75.4 Å². The quantitative estimate of drug-likeness (QED) is 0.354. The number of aliphatic imine (C=N–C) groups is 1. The van der Waals surface area contributed by atoms with E-state index in [0.29, 0.717) is 34.6 Å². The summed E-state index contributed by atoms with van der Waals surface area (Å²) in [6.45, 7) is 0.622. The first-order chi connectivity index (χ1) is 13.5. The topological polar surface area (TPSA) is 73.6 Å². The third-order valence-corrected chi connectivity index (χ3v) is 5.71. The molecule has 0 atom stereocenters. The van der Waals surface area contributed by atoms with Crippen molar-refractivity contribution >= 4 is 34.7 Å². The fraction of sp³-hybridized carbons (Fsp3) is 0.318. The van der Waals surface area contributed by atoms with Gasteiger partial charge in [0.05, 0.1) is 16.8 Å². The van der Waals surface area contributed by atoms with Gasteiger partial charge in [-0.05, 0) is 49.4 Å². The van der Waals surface area contributed by atoms with Crippen LogP contribution in [0.25, 0.3) is 5.70 Å². The van der Waals surface area contributed by atoms with Crippen molar-refractivity contribution in [2.75, 3.05) is 13.7 Å². The molecule has 148 valence electrons. The van der Waals surface area contributed by atoms with Gasteiger partial charge in [0, 0.05) is 29.3 Å². The van der Waals surface area contributed by atoms with Gasteiger partial charge in [0.2, 0.25) is 0 Å². The van der Waals surface area contributed by atoms with E-state index in [1.165, 1.54) is 0 Å². The van der Waals surface area contributed by atoms with E-state index in [0.717, 1.165) is 36.1 Å². The maximum absolute atomic E-state index is 6.51. The molecule has 0 unspecified atom stereocenters. The summed E-state index contributed by atoms with van der Waals surface area (Å²) in [5, 5.41) is 1.30. The Labute approximate surface area is 176 Å². The highest BCUT2D eigenvalue weighted by molar-refractivity contribution is 6.32. The number of nitrogens with zero attached hydrogens (tertiary/aromatic N) is 1. The third kappa shape index (κ3) is 4.52. The average Bonchev–Trinajstić information content (AvgIpc) is 3.50. The minimum absolute atomic E-state index is 0.238. The number of hydrogen-bond acceptors (Lipinski definition) is 3. The van der Waals surface area contributed by atoms with Crippen molar-refractivity contribution in [1.82, 2.24) is 0 Å². The third-order valence-electron chi connectivity index (χ3n) is 5.13. The molecule has 0 heterocycles. The molecule has 0 radical (unpaired) electrons. The lowest BCUT2D eigenvalue weighted by atomic mass is 9.94. The number of nitrogens with two attached hydrogens (primary N) is 2. The van der Waals surface area contributed by atoms with Gasteiger partial charge in [-0.1, -0.05) is 53.5 Å². The minimum Gasteiger partial charge on any atom is -0.397 e. The Kier molecular flexibility index (Phi) is 6.65. The van der Waals surface area contributed by atoms with Gasteiger partial charge >= 0.3 is 0 Å². The molecule has 2 aromatic rings. The Morgan fingerprint density at radius 3 is 2.36 bits per heavy atom. The molecular weight excluding hydrogens is 393 g/mol. The van der Waals surface area contributed by atoms with E-state index in [9.17, 15) is 0 Å². The zero-order chi connectivity index (χ0) is 20.1.